The van der Waals surface area contributed by atoms with E-state index in [0.29, 0.717) is 24.9 Å². The molecule has 0 rings (SSSR count). The van der Waals surface area contributed by atoms with E-state index in [9.17, 15) is 19.2 Å². The van der Waals surface area contributed by atoms with Gasteiger partial charge in [-0.3, -0.25) is 19.2 Å². The Morgan fingerprint density at radius 1 is 0.606 bits per heavy atom. The third-order valence-corrected chi connectivity index (χ3v) is 13.6. The van der Waals surface area contributed by atoms with Crippen molar-refractivity contribution in [2.45, 2.75) is 90.4 Å². The summed E-state index contributed by atoms with van der Waals surface area (Å²) in [5, 5.41) is 0. The molecular weight excluding hydrogens is 643 g/mol. The summed E-state index contributed by atoms with van der Waals surface area (Å²) in [4.78, 5) is 47.2. The number of carbonyl (C=O) groups excluding carboxylic acids is 4. The Balaban J connectivity index is -0.000000529. The topological polar surface area (TPSA) is 105 Å². The van der Waals surface area contributed by atoms with E-state index in [2.05, 4.69) is 0 Å². The van der Waals surface area contributed by atoms with Crippen molar-refractivity contribution >= 4 is 40.3 Å². The average Bonchev–Trinajstić information content (AvgIpc) is 2.75. The molecule has 8 nitrogen and oxygen atoms in total. The standard InChI is InChI=1S/2C11H22O4Si.Pt/c2*1-6-8-10(13)11(9(3)12)16(7-2,14-4)15-5;/h2*11H,6-8H2,1-5H3;/q;;+2. The van der Waals surface area contributed by atoms with Gasteiger partial charge in [-0.2, -0.15) is 0 Å². The molecule has 2 unspecified atom stereocenters. The van der Waals surface area contributed by atoms with E-state index in [0.717, 1.165) is 12.8 Å². The van der Waals surface area contributed by atoms with Gasteiger partial charge in [-0.1, -0.05) is 27.7 Å². The fourth-order valence-electron chi connectivity index (χ4n) is 3.97. The van der Waals surface area contributed by atoms with Crippen molar-refractivity contribution < 1.29 is 57.9 Å². The van der Waals surface area contributed by atoms with E-state index in [1.54, 1.807) is 0 Å². The van der Waals surface area contributed by atoms with Gasteiger partial charge in [-0.05, 0) is 38.8 Å². The van der Waals surface area contributed by atoms with Crippen molar-refractivity contribution in [1.82, 2.24) is 0 Å². The number of carbonyl (C=O) groups is 4. The van der Waals surface area contributed by atoms with Gasteiger partial charge >= 0.3 is 38.2 Å². The minimum absolute atomic E-state index is 0. The molecule has 2 atom stereocenters. The zero-order valence-corrected chi connectivity index (χ0v) is 26.3. The summed E-state index contributed by atoms with van der Waals surface area (Å²) in [7, 11) is 0.670. The van der Waals surface area contributed by atoms with Crippen LogP contribution in [0.25, 0.3) is 0 Å². The van der Waals surface area contributed by atoms with Crippen LogP contribution in [-0.4, -0.2) is 68.7 Å². The van der Waals surface area contributed by atoms with Gasteiger partial charge in [0.25, 0.3) is 0 Å². The van der Waals surface area contributed by atoms with Gasteiger partial charge in [-0.25, -0.2) is 0 Å². The van der Waals surface area contributed by atoms with Crippen LogP contribution in [0.3, 0.4) is 0 Å². The number of hydrogen-bond donors (Lipinski definition) is 0. The molecule has 0 aliphatic heterocycles. The normalized spacial score (nSPS) is 13.2. The first-order valence-electron chi connectivity index (χ1n) is 11.2. The summed E-state index contributed by atoms with van der Waals surface area (Å²) < 4.78 is 21.6. The molecule has 196 valence electrons. The van der Waals surface area contributed by atoms with E-state index in [1.807, 2.05) is 27.7 Å². The second-order valence-corrected chi connectivity index (χ2v) is 15.1. The Bertz CT molecular complexity index is 539. The Hall–Kier alpha value is -0.358. The first kappa shape index (κ1) is 37.2. The molecule has 0 spiro atoms. The van der Waals surface area contributed by atoms with Crippen LogP contribution in [0.4, 0.5) is 0 Å². The van der Waals surface area contributed by atoms with Crippen LogP contribution in [-0.2, 0) is 57.9 Å². The molecule has 0 aromatic rings. The molecule has 0 fully saturated rings. The van der Waals surface area contributed by atoms with Gasteiger partial charge in [0, 0.05) is 41.3 Å². The van der Waals surface area contributed by atoms with Crippen molar-refractivity contribution in [1.29, 1.82) is 0 Å². The van der Waals surface area contributed by atoms with Crippen LogP contribution in [0.5, 0.6) is 0 Å². The molecule has 0 aromatic heterocycles. The number of hydrogen-bond acceptors (Lipinski definition) is 8. The van der Waals surface area contributed by atoms with Gasteiger partial charge in [-0.15, -0.1) is 0 Å². The summed E-state index contributed by atoms with van der Waals surface area (Å²) in [6.45, 7) is 10.5. The molecule has 0 heterocycles. The van der Waals surface area contributed by atoms with Crippen molar-refractivity contribution in [2.24, 2.45) is 0 Å². The predicted octanol–water partition coefficient (Wildman–Crippen LogP) is 4.14. The van der Waals surface area contributed by atoms with Gasteiger partial charge in [0.05, 0.1) is 0 Å². The van der Waals surface area contributed by atoms with Crippen LogP contribution in [0, 0.1) is 0 Å². The summed E-state index contributed by atoms with van der Waals surface area (Å²) in [5.74, 6) is -0.384. The van der Waals surface area contributed by atoms with Gasteiger partial charge < -0.3 is 17.7 Å². The first-order valence-corrected chi connectivity index (χ1v) is 15.4. The molecule has 0 radical (unpaired) electrons. The SMILES string of the molecule is CCCC(=O)C(C(C)=O)[Si](CC)(OC)OC.CCCC(=O)C(C(C)=O)[Si](CC)(OC)OC.[Pt+2]. The second-order valence-electron chi connectivity index (χ2n) is 7.67. The van der Waals surface area contributed by atoms with E-state index in [1.165, 1.54) is 42.3 Å². The van der Waals surface area contributed by atoms with Crippen LogP contribution in [0.1, 0.15) is 67.2 Å². The largest absolute Gasteiger partial charge is 2.00 e. The van der Waals surface area contributed by atoms with Gasteiger partial charge in [0.2, 0.25) is 0 Å². The zero-order valence-electron chi connectivity index (χ0n) is 22.0. The van der Waals surface area contributed by atoms with E-state index in [4.69, 9.17) is 17.7 Å². The molecule has 0 N–H and O–H groups in total. The third-order valence-electron chi connectivity index (χ3n) is 5.70. The Morgan fingerprint density at radius 2 is 0.848 bits per heavy atom. The quantitative estimate of drug-likeness (QED) is 0.176. The Kier molecular flexibility index (Phi) is 21.3. The molecule has 0 amide bonds. The monoisotopic (exact) mass is 687 g/mol. The molecule has 33 heavy (non-hydrogen) atoms. The van der Waals surface area contributed by atoms with E-state index >= 15 is 0 Å². The number of rotatable bonds is 16. The molecule has 0 bridgehead atoms. The maximum absolute atomic E-state index is 12.0. The molecule has 0 aliphatic rings. The second kappa shape index (κ2) is 18.9. The van der Waals surface area contributed by atoms with E-state index in [-0.39, 0.29) is 44.2 Å². The maximum atomic E-state index is 12.0. The van der Waals surface area contributed by atoms with Crippen molar-refractivity contribution in [3.05, 3.63) is 0 Å². The van der Waals surface area contributed by atoms with Crippen molar-refractivity contribution in [3.63, 3.8) is 0 Å². The fourth-order valence-corrected chi connectivity index (χ4v) is 9.72. The van der Waals surface area contributed by atoms with E-state index < -0.39 is 28.2 Å². The first-order chi connectivity index (χ1) is 15.0. The third kappa shape index (κ3) is 10.4. The molecule has 0 aromatic carbocycles. The predicted molar refractivity (Wildman–Crippen MR) is 129 cm³/mol. The minimum atomic E-state index is -2.71. The Labute approximate surface area is 216 Å². The van der Waals surface area contributed by atoms with Crippen molar-refractivity contribution in [2.75, 3.05) is 28.4 Å². The summed E-state index contributed by atoms with van der Waals surface area (Å²) >= 11 is 0. The van der Waals surface area contributed by atoms with Crippen LogP contribution in [0.2, 0.25) is 23.2 Å². The molecule has 0 aliphatic carbocycles. The number of Topliss-reactive ketones (excluding diaryl/α,β-unsaturated/α-hetero) is 4. The molecule has 0 saturated heterocycles. The van der Waals surface area contributed by atoms with Crippen LogP contribution < -0.4 is 0 Å². The van der Waals surface area contributed by atoms with Gasteiger partial charge in [0.15, 0.2) is 0 Å². The fraction of sp³-hybridized carbons (Fsp3) is 0.818. The molecular formula is C22H44O8PtSi2+2. The summed E-state index contributed by atoms with van der Waals surface area (Å²) in [6.07, 6.45) is 2.30. The summed E-state index contributed by atoms with van der Waals surface area (Å²) in [5.41, 5.74) is -1.38. The molecule has 11 heteroatoms. The minimum Gasteiger partial charge on any atom is -0.397 e. The zero-order chi connectivity index (χ0) is 25.5. The van der Waals surface area contributed by atoms with Crippen LogP contribution >= 0.6 is 0 Å². The number of ketones is 4. The van der Waals surface area contributed by atoms with Crippen LogP contribution in [0.15, 0.2) is 0 Å². The average molecular weight is 688 g/mol. The smallest absolute Gasteiger partial charge is 0.397 e. The summed E-state index contributed by atoms with van der Waals surface area (Å²) in [6, 6.07) is 1.19. The van der Waals surface area contributed by atoms with Crippen molar-refractivity contribution in [3.8, 4) is 0 Å². The Morgan fingerprint density at radius 3 is 0.970 bits per heavy atom. The maximum Gasteiger partial charge on any atom is 2.00 e. The molecule has 0 saturated carbocycles. The van der Waals surface area contributed by atoms with Gasteiger partial charge in [0.1, 0.15) is 34.2 Å².